The quantitative estimate of drug-likeness (QED) is 0.648. The number of aromatic nitrogens is 2. The highest BCUT2D eigenvalue weighted by molar-refractivity contribution is 5.68. The molecule has 2 aromatic rings. The van der Waals surface area contributed by atoms with Gasteiger partial charge in [-0.25, -0.2) is 0 Å². The number of hydrogen-bond donors (Lipinski definition) is 2. The summed E-state index contributed by atoms with van der Waals surface area (Å²) >= 11 is 0. The van der Waals surface area contributed by atoms with E-state index < -0.39 is 0 Å². The first-order valence-electron chi connectivity index (χ1n) is 4.13. The number of nitrogens with one attached hydrogen (secondary N) is 1. The number of aryl methyl sites for hydroxylation is 1. The van der Waals surface area contributed by atoms with Crippen LogP contribution in [0.4, 0.5) is 5.69 Å². The molecule has 3 heteroatoms. The lowest BCUT2D eigenvalue weighted by Crippen LogP contribution is -1.85. The zero-order chi connectivity index (χ0) is 9.26. The first-order chi connectivity index (χ1) is 6.27. The summed E-state index contributed by atoms with van der Waals surface area (Å²) in [4.78, 5) is 0. The Morgan fingerprint density at radius 3 is 2.85 bits per heavy atom. The summed E-state index contributed by atoms with van der Waals surface area (Å²) in [7, 11) is 0. The predicted octanol–water partition coefficient (Wildman–Crippen LogP) is 1.97. The van der Waals surface area contributed by atoms with Crippen molar-refractivity contribution in [3.05, 3.63) is 36.2 Å². The van der Waals surface area contributed by atoms with E-state index in [4.69, 9.17) is 5.73 Å². The second-order valence-corrected chi connectivity index (χ2v) is 3.01. The van der Waals surface area contributed by atoms with Gasteiger partial charge in [0.15, 0.2) is 0 Å². The Morgan fingerprint density at radius 1 is 1.38 bits per heavy atom. The highest BCUT2D eigenvalue weighted by atomic mass is 15.1. The van der Waals surface area contributed by atoms with Gasteiger partial charge in [-0.1, -0.05) is 12.1 Å². The number of nitrogens with zero attached hydrogens (tertiary/aromatic N) is 1. The third kappa shape index (κ3) is 1.40. The smallest absolute Gasteiger partial charge is 0.0669 e. The molecule has 0 aliphatic heterocycles. The Kier molecular flexibility index (Phi) is 1.77. The topological polar surface area (TPSA) is 54.7 Å². The van der Waals surface area contributed by atoms with Gasteiger partial charge in [0.2, 0.25) is 0 Å². The van der Waals surface area contributed by atoms with Gasteiger partial charge in [-0.2, -0.15) is 5.10 Å². The summed E-state index contributed by atoms with van der Waals surface area (Å²) in [5, 5.41) is 6.88. The van der Waals surface area contributed by atoms with E-state index in [1.807, 2.05) is 37.4 Å². The van der Waals surface area contributed by atoms with Gasteiger partial charge in [0, 0.05) is 17.4 Å². The maximum atomic E-state index is 5.68. The fraction of sp³-hybridized carbons (Fsp3) is 0.100. The van der Waals surface area contributed by atoms with E-state index in [0.717, 1.165) is 22.5 Å². The van der Waals surface area contributed by atoms with Crippen LogP contribution in [0.2, 0.25) is 0 Å². The van der Waals surface area contributed by atoms with E-state index >= 15 is 0 Å². The van der Waals surface area contributed by atoms with Gasteiger partial charge >= 0.3 is 0 Å². The molecule has 0 bridgehead atoms. The summed E-state index contributed by atoms with van der Waals surface area (Å²) in [6.45, 7) is 1.97. The van der Waals surface area contributed by atoms with Crippen molar-refractivity contribution in [2.45, 2.75) is 6.92 Å². The van der Waals surface area contributed by atoms with Gasteiger partial charge in [-0.3, -0.25) is 5.10 Å². The lowest BCUT2D eigenvalue weighted by Gasteiger charge is -1.99. The SMILES string of the molecule is Cc1n[nH]cc1-c1cccc(N)c1. The van der Waals surface area contributed by atoms with Crippen molar-refractivity contribution in [1.29, 1.82) is 0 Å². The molecule has 13 heavy (non-hydrogen) atoms. The molecule has 1 aromatic carbocycles. The summed E-state index contributed by atoms with van der Waals surface area (Å²) in [6.07, 6.45) is 1.88. The monoisotopic (exact) mass is 173 g/mol. The zero-order valence-electron chi connectivity index (χ0n) is 7.41. The average molecular weight is 173 g/mol. The minimum atomic E-state index is 0.776. The molecule has 0 spiro atoms. The van der Waals surface area contributed by atoms with Crippen LogP contribution in [0.1, 0.15) is 5.69 Å². The molecule has 0 atom stereocenters. The van der Waals surface area contributed by atoms with Crippen LogP contribution in [-0.4, -0.2) is 10.2 Å². The standard InChI is InChI=1S/C10H11N3/c1-7-10(6-12-13-7)8-3-2-4-9(11)5-8/h2-6H,11H2,1H3,(H,12,13). The third-order valence-electron chi connectivity index (χ3n) is 2.03. The van der Waals surface area contributed by atoms with E-state index in [-0.39, 0.29) is 0 Å². The normalized spacial score (nSPS) is 10.2. The number of rotatable bonds is 1. The average Bonchev–Trinajstić information content (AvgIpc) is 2.51. The molecule has 0 aliphatic rings. The fourth-order valence-electron chi connectivity index (χ4n) is 1.36. The van der Waals surface area contributed by atoms with Crippen molar-refractivity contribution < 1.29 is 0 Å². The predicted molar refractivity (Wildman–Crippen MR) is 53.2 cm³/mol. The Labute approximate surface area is 76.6 Å². The Hall–Kier alpha value is -1.77. The second kappa shape index (κ2) is 2.94. The van der Waals surface area contributed by atoms with Gasteiger partial charge < -0.3 is 5.73 Å². The van der Waals surface area contributed by atoms with Crippen molar-refractivity contribution in [3.8, 4) is 11.1 Å². The molecule has 0 saturated carbocycles. The minimum Gasteiger partial charge on any atom is -0.399 e. The van der Waals surface area contributed by atoms with E-state index in [1.54, 1.807) is 0 Å². The fourth-order valence-corrected chi connectivity index (χ4v) is 1.36. The molecule has 2 rings (SSSR count). The van der Waals surface area contributed by atoms with Crippen LogP contribution in [-0.2, 0) is 0 Å². The van der Waals surface area contributed by atoms with Crippen LogP contribution in [0.5, 0.6) is 0 Å². The van der Waals surface area contributed by atoms with Crippen LogP contribution in [0.25, 0.3) is 11.1 Å². The van der Waals surface area contributed by atoms with Gasteiger partial charge in [0.25, 0.3) is 0 Å². The number of nitrogens with two attached hydrogens (primary N) is 1. The molecule has 1 aromatic heterocycles. The number of H-pyrrole nitrogens is 1. The van der Waals surface area contributed by atoms with Crippen LogP contribution < -0.4 is 5.73 Å². The van der Waals surface area contributed by atoms with Crippen molar-refractivity contribution in [2.24, 2.45) is 0 Å². The zero-order valence-corrected chi connectivity index (χ0v) is 7.41. The van der Waals surface area contributed by atoms with Crippen LogP contribution in [0.15, 0.2) is 30.5 Å². The van der Waals surface area contributed by atoms with Crippen LogP contribution in [0.3, 0.4) is 0 Å². The van der Waals surface area contributed by atoms with Gasteiger partial charge in [0.1, 0.15) is 0 Å². The van der Waals surface area contributed by atoms with E-state index in [9.17, 15) is 0 Å². The summed E-state index contributed by atoms with van der Waals surface area (Å²) in [5.74, 6) is 0. The van der Waals surface area contributed by atoms with E-state index in [1.165, 1.54) is 0 Å². The molecular weight excluding hydrogens is 162 g/mol. The largest absolute Gasteiger partial charge is 0.399 e. The van der Waals surface area contributed by atoms with Crippen LogP contribution in [0, 0.1) is 6.92 Å². The van der Waals surface area contributed by atoms with Crippen LogP contribution >= 0.6 is 0 Å². The van der Waals surface area contributed by atoms with Crippen molar-refractivity contribution >= 4 is 5.69 Å². The summed E-state index contributed by atoms with van der Waals surface area (Å²) in [5.41, 5.74) is 9.66. The number of nitrogen functional groups attached to an aromatic ring is 1. The van der Waals surface area contributed by atoms with Gasteiger partial charge in [-0.15, -0.1) is 0 Å². The number of anilines is 1. The van der Waals surface area contributed by atoms with Crippen molar-refractivity contribution in [2.75, 3.05) is 5.73 Å². The highest BCUT2D eigenvalue weighted by Gasteiger charge is 2.02. The molecular formula is C10H11N3. The van der Waals surface area contributed by atoms with E-state index in [2.05, 4.69) is 10.2 Å². The van der Waals surface area contributed by atoms with Gasteiger partial charge in [-0.05, 0) is 24.6 Å². The molecule has 0 fully saturated rings. The number of hydrogen-bond acceptors (Lipinski definition) is 2. The second-order valence-electron chi connectivity index (χ2n) is 3.01. The molecule has 0 saturated heterocycles. The number of aromatic amines is 1. The molecule has 0 amide bonds. The first-order valence-corrected chi connectivity index (χ1v) is 4.13. The lowest BCUT2D eigenvalue weighted by atomic mass is 10.1. The van der Waals surface area contributed by atoms with E-state index in [0.29, 0.717) is 0 Å². The third-order valence-corrected chi connectivity index (χ3v) is 2.03. The molecule has 66 valence electrons. The molecule has 0 aliphatic carbocycles. The maximum absolute atomic E-state index is 5.68. The molecule has 3 N–H and O–H groups in total. The summed E-state index contributed by atoms with van der Waals surface area (Å²) in [6, 6.07) is 7.78. The maximum Gasteiger partial charge on any atom is 0.0669 e. The highest BCUT2D eigenvalue weighted by Crippen LogP contribution is 2.22. The Balaban J connectivity index is 2.53. The van der Waals surface area contributed by atoms with Crippen molar-refractivity contribution in [1.82, 2.24) is 10.2 Å². The molecule has 0 unspecified atom stereocenters. The van der Waals surface area contributed by atoms with Gasteiger partial charge in [0.05, 0.1) is 5.69 Å². The number of benzene rings is 1. The summed E-state index contributed by atoms with van der Waals surface area (Å²) < 4.78 is 0. The van der Waals surface area contributed by atoms with Crippen molar-refractivity contribution in [3.63, 3.8) is 0 Å². The molecule has 1 heterocycles. The molecule has 3 nitrogen and oxygen atoms in total. The Bertz CT molecular complexity index is 418. The Morgan fingerprint density at radius 2 is 2.23 bits per heavy atom. The lowest BCUT2D eigenvalue weighted by molar-refractivity contribution is 1.05. The molecule has 0 radical (unpaired) electrons. The minimum absolute atomic E-state index is 0.776. The first kappa shape index (κ1) is 7.86.